The second-order valence-corrected chi connectivity index (χ2v) is 7.70. The molecule has 0 saturated carbocycles. The third-order valence-electron chi connectivity index (χ3n) is 4.91. The van der Waals surface area contributed by atoms with Gasteiger partial charge in [0.25, 0.3) is 0 Å². The highest BCUT2D eigenvalue weighted by atomic mass is 16.5. The number of carboxylic acids is 1. The van der Waals surface area contributed by atoms with Crippen LogP contribution in [-0.2, 0) is 6.42 Å². The normalized spacial score (nSPS) is 18.7. The molecular weight excluding hydrogens is 328 g/mol. The molecular formula is C22H30O4. The van der Waals surface area contributed by atoms with Crippen LogP contribution in [0.15, 0.2) is 41.5 Å². The monoisotopic (exact) mass is 358 g/mol. The van der Waals surface area contributed by atoms with Gasteiger partial charge in [-0.25, -0.2) is 4.79 Å². The van der Waals surface area contributed by atoms with Gasteiger partial charge in [-0.3, -0.25) is 0 Å². The molecule has 0 amide bonds. The zero-order chi connectivity index (χ0) is 19.3. The fourth-order valence-electron chi connectivity index (χ4n) is 3.19. The third kappa shape index (κ3) is 5.46. The first-order valence-corrected chi connectivity index (χ1v) is 9.23. The molecule has 0 bridgehead atoms. The van der Waals surface area contributed by atoms with Crippen LogP contribution >= 0.6 is 0 Å². The van der Waals surface area contributed by atoms with Gasteiger partial charge in [0.05, 0.1) is 11.2 Å². The lowest BCUT2D eigenvalue weighted by atomic mass is 9.90. The van der Waals surface area contributed by atoms with Crippen LogP contribution in [-0.4, -0.2) is 27.9 Å². The zero-order valence-corrected chi connectivity index (χ0v) is 16.2. The van der Waals surface area contributed by atoms with E-state index in [0.29, 0.717) is 18.6 Å². The Morgan fingerprint density at radius 2 is 2.00 bits per heavy atom. The molecule has 0 aliphatic carbocycles. The molecule has 2 unspecified atom stereocenters. The summed E-state index contributed by atoms with van der Waals surface area (Å²) in [5.74, 6) is -0.273. The molecule has 1 aliphatic heterocycles. The summed E-state index contributed by atoms with van der Waals surface area (Å²) in [5.41, 5.74) is 2.81. The number of allylic oxidation sites excluding steroid dienone is 4. The van der Waals surface area contributed by atoms with Gasteiger partial charge in [0, 0.05) is 6.42 Å². The average molecular weight is 358 g/mol. The topological polar surface area (TPSA) is 66.8 Å². The van der Waals surface area contributed by atoms with Crippen LogP contribution in [0.4, 0.5) is 0 Å². The van der Waals surface area contributed by atoms with Crippen molar-refractivity contribution in [1.82, 2.24) is 0 Å². The molecule has 0 fully saturated rings. The Morgan fingerprint density at radius 3 is 2.65 bits per heavy atom. The lowest BCUT2D eigenvalue weighted by molar-refractivity contribution is -0.0433. The number of aliphatic hydroxyl groups is 1. The lowest BCUT2D eigenvalue weighted by Gasteiger charge is -2.29. The maximum atomic E-state index is 11.1. The maximum Gasteiger partial charge on any atom is 0.335 e. The van der Waals surface area contributed by atoms with E-state index in [2.05, 4.69) is 32.9 Å². The molecule has 1 aromatic rings. The smallest absolute Gasteiger partial charge is 0.335 e. The van der Waals surface area contributed by atoms with Crippen molar-refractivity contribution in [3.8, 4) is 5.75 Å². The first-order valence-electron chi connectivity index (χ1n) is 9.23. The Bertz CT molecular complexity index is 709. The molecule has 142 valence electrons. The molecule has 26 heavy (non-hydrogen) atoms. The Labute approximate surface area is 156 Å². The number of hydrogen-bond acceptors (Lipinski definition) is 3. The standard InChI is InChI=1S/C22H30O4/c1-15(2)7-5-8-16(3)9-6-12-22(4,25)20-14-18-13-17(21(23)24)10-11-19(18)26-20/h7,9-11,13,20,25H,5-6,8,12,14H2,1-4H3,(H,23,24). The van der Waals surface area contributed by atoms with Gasteiger partial charge < -0.3 is 14.9 Å². The Hall–Kier alpha value is -2.07. The number of hydrogen-bond donors (Lipinski definition) is 2. The van der Waals surface area contributed by atoms with E-state index >= 15 is 0 Å². The third-order valence-corrected chi connectivity index (χ3v) is 4.91. The molecule has 1 aromatic carbocycles. The lowest BCUT2D eigenvalue weighted by Crippen LogP contribution is -2.42. The zero-order valence-electron chi connectivity index (χ0n) is 16.2. The summed E-state index contributed by atoms with van der Waals surface area (Å²) in [6.45, 7) is 8.14. The number of ether oxygens (including phenoxy) is 1. The maximum absolute atomic E-state index is 11.1. The van der Waals surface area contributed by atoms with Gasteiger partial charge in [-0.05, 0) is 77.1 Å². The Kier molecular flexibility index (Phi) is 6.65. The highest BCUT2D eigenvalue weighted by Crippen LogP contribution is 2.35. The van der Waals surface area contributed by atoms with Crippen LogP contribution in [0.2, 0.25) is 0 Å². The van der Waals surface area contributed by atoms with Gasteiger partial charge in [-0.15, -0.1) is 0 Å². The predicted molar refractivity (Wildman–Crippen MR) is 104 cm³/mol. The minimum Gasteiger partial charge on any atom is -0.487 e. The predicted octanol–water partition coefficient (Wildman–Crippen LogP) is 4.91. The largest absolute Gasteiger partial charge is 0.487 e. The van der Waals surface area contributed by atoms with E-state index in [4.69, 9.17) is 9.84 Å². The van der Waals surface area contributed by atoms with E-state index < -0.39 is 11.6 Å². The van der Waals surface area contributed by atoms with Crippen LogP contribution in [0.5, 0.6) is 5.75 Å². The van der Waals surface area contributed by atoms with E-state index in [0.717, 1.165) is 24.8 Å². The second kappa shape index (κ2) is 8.54. The molecule has 2 N–H and O–H groups in total. The summed E-state index contributed by atoms with van der Waals surface area (Å²) in [4.78, 5) is 11.1. The molecule has 1 aliphatic rings. The van der Waals surface area contributed by atoms with Gasteiger partial charge >= 0.3 is 5.97 Å². The highest BCUT2D eigenvalue weighted by molar-refractivity contribution is 5.88. The van der Waals surface area contributed by atoms with Gasteiger partial charge in [-0.1, -0.05) is 23.3 Å². The van der Waals surface area contributed by atoms with E-state index in [1.165, 1.54) is 17.2 Å². The van der Waals surface area contributed by atoms with Crippen LogP contribution in [0, 0.1) is 0 Å². The minimum absolute atomic E-state index is 0.252. The molecule has 4 nitrogen and oxygen atoms in total. The number of benzene rings is 1. The number of carboxylic acid groups (broad SMARTS) is 1. The highest BCUT2D eigenvalue weighted by Gasteiger charge is 2.38. The number of fused-ring (bicyclic) bond motifs is 1. The van der Waals surface area contributed by atoms with Crippen molar-refractivity contribution < 1.29 is 19.7 Å². The molecule has 2 rings (SSSR count). The molecule has 1 heterocycles. The van der Waals surface area contributed by atoms with Crippen molar-refractivity contribution in [2.45, 2.75) is 71.5 Å². The molecule has 0 radical (unpaired) electrons. The van der Waals surface area contributed by atoms with E-state index in [1.807, 2.05) is 0 Å². The fraction of sp³-hybridized carbons (Fsp3) is 0.500. The van der Waals surface area contributed by atoms with Gasteiger partial charge in [-0.2, -0.15) is 0 Å². The van der Waals surface area contributed by atoms with Crippen molar-refractivity contribution in [1.29, 1.82) is 0 Å². The average Bonchev–Trinajstić information content (AvgIpc) is 2.98. The van der Waals surface area contributed by atoms with Crippen molar-refractivity contribution in [3.63, 3.8) is 0 Å². The summed E-state index contributed by atoms with van der Waals surface area (Å²) in [5, 5.41) is 19.9. The quantitative estimate of drug-likeness (QED) is 0.648. The van der Waals surface area contributed by atoms with Gasteiger partial charge in [0.2, 0.25) is 0 Å². The van der Waals surface area contributed by atoms with Crippen molar-refractivity contribution in [3.05, 3.63) is 52.6 Å². The van der Waals surface area contributed by atoms with Gasteiger partial charge in [0.15, 0.2) is 0 Å². The first-order chi connectivity index (χ1) is 12.2. The van der Waals surface area contributed by atoms with Crippen molar-refractivity contribution in [2.24, 2.45) is 0 Å². The Balaban J connectivity index is 1.90. The van der Waals surface area contributed by atoms with E-state index in [1.54, 1.807) is 19.1 Å². The minimum atomic E-state index is -0.959. The first kappa shape index (κ1) is 20.2. The van der Waals surface area contributed by atoms with Crippen molar-refractivity contribution in [2.75, 3.05) is 0 Å². The summed E-state index contributed by atoms with van der Waals surface area (Å²) in [6.07, 6.45) is 8.11. The molecule has 0 spiro atoms. The SMILES string of the molecule is CC(C)=CCCC(C)=CCCC(C)(O)C1Cc2cc(C(=O)O)ccc2O1. The van der Waals surface area contributed by atoms with E-state index in [9.17, 15) is 9.90 Å². The Morgan fingerprint density at radius 1 is 1.27 bits per heavy atom. The number of aromatic carboxylic acids is 1. The molecule has 2 atom stereocenters. The second-order valence-electron chi connectivity index (χ2n) is 7.70. The van der Waals surface area contributed by atoms with Crippen LogP contribution in [0.3, 0.4) is 0 Å². The fourth-order valence-corrected chi connectivity index (χ4v) is 3.19. The summed E-state index contributed by atoms with van der Waals surface area (Å²) in [7, 11) is 0. The number of carbonyl (C=O) groups is 1. The van der Waals surface area contributed by atoms with Crippen LogP contribution < -0.4 is 4.74 Å². The number of rotatable bonds is 8. The van der Waals surface area contributed by atoms with Gasteiger partial charge in [0.1, 0.15) is 11.9 Å². The van der Waals surface area contributed by atoms with Crippen LogP contribution in [0.25, 0.3) is 0 Å². The summed E-state index contributed by atoms with van der Waals surface area (Å²) < 4.78 is 5.88. The molecule has 0 saturated heterocycles. The van der Waals surface area contributed by atoms with Crippen molar-refractivity contribution >= 4 is 5.97 Å². The summed E-state index contributed by atoms with van der Waals surface area (Å²) in [6, 6.07) is 4.86. The van der Waals surface area contributed by atoms with Crippen LogP contribution in [0.1, 0.15) is 69.3 Å². The summed E-state index contributed by atoms with van der Waals surface area (Å²) >= 11 is 0. The molecule has 4 heteroatoms. The molecule has 0 aromatic heterocycles. The van der Waals surface area contributed by atoms with E-state index in [-0.39, 0.29) is 11.7 Å².